The van der Waals surface area contributed by atoms with Gasteiger partial charge in [0.05, 0.1) is 0 Å². The van der Waals surface area contributed by atoms with Crippen LogP contribution in [0.5, 0.6) is 0 Å². The molecule has 2 aliphatic rings. The minimum Gasteiger partial charge on any atom is -0.346 e. The van der Waals surface area contributed by atoms with Crippen molar-refractivity contribution >= 4 is 11.8 Å². The van der Waals surface area contributed by atoms with E-state index in [0.29, 0.717) is 11.9 Å². The molecule has 0 aliphatic carbocycles. The molecule has 0 aromatic carbocycles. The highest BCUT2D eigenvalue weighted by molar-refractivity contribution is 5.79. The fraction of sp³-hybridized carbons (Fsp3) is 0.684. The van der Waals surface area contributed by atoms with Crippen LogP contribution in [0.2, 0.25) is 0 Å². The van der Waals surface area contributed by atoms with Crippen LogP contribution in [0.4, 0.5) is 0 Å². The molecular weight excluding hydrogens is 302 g/mol. The maximum absolute atomic E-state index is 12.8. The van der Waals surface area contributed by atoms with Crippen LogP contribution in [-0.2, 0) is 9.59 Å². The monoisotopic (exact) mass is 331 g/mol. The lowest BCUT2D eigenvalue weighted by Gasteiger charge is -2.38. The fourth-order valence-corrected chi connectivity index (χ4v) is 4.30. The minimum atomic E-state index is 0.104. The Kier molecular flexibility index (Phi) is 4.97. The van der Waals surface area contributed by atoms with Gasteiger partial charge in [-0.05, 0) is 51.7 Å². The molecule has 1 aromatic heterocycles. The first kappa shape index (κ1) is 17.1. The third kappa shape index (κ3) is 3.35. The zero-order valence-corrected chi connectivity index (χ0v) is 15.1. The first-order valence-electron chi connectivity index (χ1n) is 9.16. The Morgan fingerprint density at radius 3 is 1.88 bits per heavy atom. The van der Waals surface area contributed by atoms with E-state index in [-0.39, 0.29) is 11.8 Å². The van der Waals surface area contributed by atoms with Crippen LogP contribution >= 0.6 is 0 Å². The largest absolute Gasteiger partial charge is 0.346 e. The second-order valence-electron chi connectivity index (χ2n) is 7.32. The predicted molar refractivity (Wildman–Crippen MR) is 93.7 cm³/mol. The summed E-state index contributed by atoms with van der Waals surface area (Å²) >= 11 is 0. The number of piperidine rings is 2. The number of nitrogens with zero attached hydrogens (tertiary/aromatic N) is 3. The average molecular weight is 331 g/mol. The van der Waals surface area contributed by atoms with Gasteiger partial charge in [0.1, 0.15) is 0 Å². The third-order valence-corrected chi connectivity index (χ3v) is 5.76. The zero-order chi connectivity index (χ0) is 17.3. The van der Waals surface area contributed by atoms with Gasteiger partial charge in [0.25, 0.3) is 0 Å². The Morgan fingerprint density at radius 2 is 1.38 bits per heavy atom. The highest BCUT2D eigenvalue weighted by atomic mass is 16.2. The highest BCUT2D eigenvalue weighted by Gasteiger charge is 2.32. The molecule has 2 saturated heterocycles. The van der Waals surface area contributed by atoms with Crippen LogP contribution in [0.3, 0.4) is 0 Å². The van der Waals surface area contributed by atoms with Crippen molar-refractivity contribution in [1.29, 1.82) is 0 Å². The Balaban J connectivity index is 1.53. The quantitative estimate of drug-likeness (QED) is 0.836. The molecule has 24 heavy (non-hydrogen) atoms. The van der Waals surface area contributed by atoms with Gasteiger partial charge in [0.15, 0.2) is 0 Å². The normalized spacial score (nSPS) is 20.5. The summed E-state index contributed by atoms with van der Waals surface area (Å²) < 4.78 is 2.42. The highest BCUT2D eigenvalue weighted by Crippen LogP contribution is 2.28. The molecule has 0 unspecified atom stereocenters. The molecule has 2 amide bonds. The Bertz CT molecular complexity index is 587. The van der Waals surface area contributed by atoms with Crippen molar-refractivity contribution in [1.82, 2.24) is 14.4 Å². The van der Waals surface area contributed by atoms with Gasteiger partial charge in [0, 0.05) is 56.5 Å². The lowest BCUT2D eigenvalue weighted by molar-refractivity contribution is -0.141. The van der Waals surface area contributed by atoms with E-state index in [4.69, 9.17) is 0 Å². The van der Waals surface area contributed by atoms with Crippen LogP contribution in [0.1, 0.15) is 50.0 Å². The molecule has 5 nitrogen and oxygen atoms in total. The van der Waals surface area contributed by atoms with Crippen LogP contribution < -0.4 is 0 Å². The molecule has 0 atom stereocenters. The van der Waals surface area contributed by atoms with Crippen molar-refractivity contribution in [2.45, 2.75) is 52.5 Å². The van der Waals surface area contributed by atoms with E-state index < -0.39 is 0 Å². The van der Waals surface area contributed by atoms with Crippen molar-refractivity contribution in [2.24, 2.45) is 5.92 Å². The number of carbonyl (C=O) groups excluding carboxylic acids is 2. The van der Waals surface area contributed by atoms with Crippen LogP contribution in [0, 0.1) is 19.8 Å². The van der Waals surface area contributed by atoms with E-state index in [1.165, 1.54) is 11.4 Å². The van der Waals surface area contributed by atoms with E-state index in [2.05, 4.69) is 35.4 Å². The summed E-state index contributed by atoms with van der Waals surface area (Å²) in [5.41, 5.74) is 2.63. The van der Waals surface area contributed by atoms with Crippen LogP contribution in [0.25, 0.3) is 0 Å². The van der Waals surface area contributed by atoms with E-state index >= 15 is 0 Å². The van der Waals surface area contributed by atoms with Gasteiger partial charge in [-0.25, -0.2) is 0 Å². The molecule has 2 fully saturated rings. The zero-order valence-electron chi connectivity index (χ0n) is 15.1. The van der Waals surface area contributed by atoms with E-state index in [9.17, 15) is 9.59 Å². The van der Waals surface area contributed by atoms with Crippen LogP contribution in [0.15, 0.2) is 12.1 Å². The fourth-order valence-electron chi connectivity index (χ4n) is 4.30. The number of carbonyl (C=O) groups is 2. The number of rotatable bonds is 2. The summed E-state index contributed by atoms with van der Waals surface area (Å²) in [5.74, 6) is 0.531. The molecule has 1 aromatic rings. The van der Waals surface area contributed by atoms with Crippen molar-refractivity contribution < 1.29 is 9.59 Å². The molecule has 3 rings (SSSR count). The molecular formula is C19H29N3O2. The average Bonchev–Trinajstić information content (AvgIpc) is 2.93. The van der Waals surface area contributed by atoms with E-state index in [1.54, 1.807) is 6.92 Å². The number of hydrogen-bond acceptors (Lipinski definition) is 2. The second-order valence-corrected chi connectivity index (χ2v) is 7.32. The Hall–Kier alpha value is -1.78. The maximum Gasteiger partial charge on any atom is 0.225 e. The first-order chi connectivity index (χ1) is 11.5. The summed E-state index contributed by atoms with van der Waals surface area (Å²) in [7, 11) is 0. The Morgan fingerprint density at radius 1 is 0.875 bits per heavy atom. The van der Waals surface area contributed by atoms with Gasteiger partial charge < -0.3 is 14.4 Å². The number of aromatic nitrogens is 1. The smallest absolute Gasteiger partial charge is 0.225 e. The Labute approximate surface area is 144 Å². The van der Waals surface area contributed by atoms with Crippen molar-refractivity contribution in [3.05, 3.63) is 23.5 Å². The van der Waals surface area contributed by atoms with Gasteiger partial charge in [-0.15, -0.1) is 0 Å². The van der Waals surface area contributed by atoms with Crippen LogP contribution in [-0.4, -0.2) is 52.4 Å². The van der Waals surface area contributed by atoms with E-state index in [1.807, 2.05) is 4.90 Å². The lowest BCUT2D eigenvalue weighted by Crippen LogP contribution is -2.46. The number of likely N-dealkylation sites (tertiary alicyclic amines) is 2. The summed E-state index contributed by atoms with van der Waals surface area (Å²) in [6.07, 6.45) is 3.70. The van der Waals surface area contributed by atoms with Crippen molar-refractivity contribution in [3.63, 3.8) is 0 Å². The van der Waals surface area contributed by atoms with Gasteiger partial charge >= 0.3 is 0 Å². The topological polar surface area (TPSA) is 45.6 Å². The summed E-state index contributed by atoms with van der Waals surface area (Å²) in [6, 6.07) is 4.87. The number of aryl methyl sites for hydroxylation is 2. The molecule has 0 saturated carbocycles. The summed E-state index contributed by atoms with van der Waals surface area (Å²) in [5, 5.41) is 0. The lowest BCUT2D eigenvalue weighted by atomic mass is 9.93. The standard InChI is InChI=1S/C19H29N3O2/c1-14-4-5-15(2)22(14)18-8-12-21(13-9-18)19(24)17-6-10-20(11-7-17)16(3)23/h4-5,17-18H,6-13H2,1-3H3. The molecule has 5 heteroatoms. The maximum atomic E-state index is 12.8. The van der Waals surface area contributed by atoms with E-state index in [0.717, 1.165) is 51.9 Å². The number of hydrogen-bond donors (Lipinski definition) is 0. The van der Waals surface area contributed by atoms with Gasteiger partial charge in [-0.3, -0.25) is 9.59 Å². The van der Waals surface area contributed by atoms with Crippen molar-refractivity contribution in [3.8, 4) is 0 Å². The molecule has 0 spiro atoms. The molecule has 0 bridgehead atoms. The van der Waals surface area contributed by atoms with Gasteiger partial charge in [0.2, 0.25) is 11.8 Å². The summed E-state index contributed by atoms with van der Waals surface area (Å²) in [6.45, 7) is 9.09. The minimum absolute atomic E-state index is 0.104. The first-order valence-corrected chi connectivity index (χ1v) is 9.16. The van der Waals surface area contributed by atoms with Gasteiger partial charge in [-0.1, -0.05) is 0 Å². The van der Waals surface area contributed by atoms with Gasteiger partial charge in [-0.2, -0.15) is 0 Å². The van der Waals surface area contributed by atoms with Crippen molar-refractivity contribution in [2.75, 3.05) is 26.2 Å². The molecule has 0 radical (unpaired) electrons. The molecule has 2 aliphatic heterocycles. The second kappa shape index (κ2) is 6.99. The predicted octanol–water partition coefficient (Wildman–Crippen LogP) is 2.53. The molecule has 3 heterocycles. The SMILES string of the molecule is CC(=O)N1CCC(C(=O)N2CCC(n3c(C)ccc3C)CC2)CC1. The third-order valence-electron chi connectivity index (χ3n) is 5.76. The summed E-state index contributed by atoms with van der Waals surface area (Å²) in [4.78, 5) is 28.1. The number of amides is 2. The molecule has 132 valence electrons. The molecule has 0 N–H and O–H groups in total.